The molecule has 0 aliphatic heterocycles. The van der Waals surface area contributed by atoms with Crippen LogP contribution in [0.2, 0.25) is 0 Å². The van der Waals surface area contributed by atoms with Crippen molar-refractivity contribution in [3.05, 3.63) is 218 Å². The minimum atomic E-state index is -0.0827. The molecule has 270 valence electrons. The van der Waals surface area contributed by atoms with E-state index in [-0.39, 0.29) is 5.41 Å². The maximum atomic E-state index is 4.22. The van der Waals surface area contributed by atoms with Gasteiger partial charge in [0.15, 0.2) is 0 Å². The fourth-order valence-electron chi connectivity index (χ4n) is 8.61. The van der Waals surface area contributed by atoms with Crippen molar-refractivity contribution in [2.45, 2.75) is 19.3 Å². The maximum absolute atomic E-state index is 4.22. The fraction of sp³-hybridized carbons (Fsp3) is 0.0545. The summed E-state index contributed by atoms with van der Waals surface area (Å²) in [6.07, 6.45) is 7.40. The topological polar surface area (TPSA) is 25.8 Å². The molecule has 1 aliphatic rings. The number of hydrogen-bond donors (Lipinski definition) is 0. The number of benzene rings is 7. The normalized spacial score (nSPS) is 12.5. The highest BCUT2D eigenvalue weighted by atomic mass is 14.6. The Kier molecular flexibility index (Phi) is 8.53. The molecule has 0 fully saturated rings. The lowest BCUT2D eigenvalue weighted by Crippen LogP contribution is -2.14. The first-order valence-electron chi connectivity index (χ1n) is 19.6. The zero-order chi connectivity index (χ0) is 38.3. The first-order valence-corrected chi connectivity index (χ1v) is 19.6. The van der Waals surface area contributed by atoms with Gasteiger partial charge in [-0.2, -0.15) is 0 Å². The van der Waals surface area contributed by atoms with Gasteiger partial charge in [-0.1, -0.05) is 123 Å². The predicted octanol–water partition coefficient (Wildman–Crippen LogP) is 14.5. The van der Waals surface area contributed by atoms with Crippen LogP contribution in [0.5, 0.6) is 0 Å². The van der Waals surface area contributed by atoms with Gasteiger partial charge in [0, 0.05) is 30.2 Å². The zero-order valence-electron chi connectivity index (χ0n) is 32.0. The molecule has 0 atom stereocenters. The molecule has 2 heterocycles. The van der Waals surface area contributed by atoms with Gasteiger partial charge in [0.1, 0.15) is 0 Å². The number of fused-ring (bicyclic) bond motifs is 3. The van der Waals surface area contributed by atoms with E-state index in [1.807, 2.05) is 24.8 Å². The Labute approximate surface area is 334 Å². The molecule has 0 N–H and O–H groups in total. The summed E-state index contributed by atoms with van der Waals surface area (Å²) < 4.78 is 0. The summed E-state index contributed by atoms with van der Waals surface area (Å²) in [5.41, 5.74) is 21.9. The van der Waals surface area contributed by atoms with E-state index in [1.165, 1.54) is 89.0 Å². The molecule has 57 heavy (non-hydrogen) atoms. The molecule has 0 saturated carbocycles. The van der Waals surface area contributed by atoms with Crippen LogP contribution >= 0.6 is 0 Å². The van der Waals surface area contributed by atoms with Crippen LogP contribution in [0.15, 0.2) is 207 Å². The average Bonchev–Trinajstić information content (AvgIpc) is 3.52. The Hall–Kier alpha value is -7.16. The number of pyridine rings is 2. The Morgan fingerprint density at radius 2 is 0.596 bits per heavy atom. The van der Waals surface area contributed by atoms with E-state index in [0.717, 1.165) is 11.1 Å². The van der Waals surface area contributed by atoms with E-state index in [0.29, 0.717) is 0 Å². The molecule has 10 rings (SSSR count). The van der Waals surface area contributed by atoms with Crippen molar-refractivity contribution in [1.29, 1.82) is 0 Å². The van der Waals surface area contributed by atoms with Crippen LogP contribution in [-0.2, 0) is 5.41 Å². The molecule has 2 aromatic heterocycles. The van der Waals surface area contributed by atoms with Gasteiger partial charge in [-0.3, -0.25) is 9.97 Å². The quantitative estimate of drug-likeness (QED) is 0.163. The summed E-state index contributed by atoms with van der Waals surface area (Å²) in [7, 11) is 0. The van der Waals surface area contributed by atoms with Gasteiger partial charge in [-0.05, 0) is 173 Å². The zero-order valence-corrected chi connectivity index (χ0v) is 32.0. The van der Waals surface area contributed by atoms with E-state index < -0.39 is 0 Å². The molecular weight excluding hydrogens is 689 g/mol. The Morgan fingerprint density at radius 3 is 1.04 bits per heavy atom. The van der Waals surface area contributed by atoms with Crippen molar-refractivity contribution < 1.29 is 0 Å². The summed E-state index contributed by atoms with van der Waals surface area (Å²) in [5, 5.41) is 0. The maximum Gasteiger partial charge on any atom is 0.0273 e. The summed E-state index contributed by atoms with van der Waals surface area (Å²) >= 11 is 0. The van der Waals surface area contributed by atoms with Gasteiger partial charge in [0.2, 0.25) is 0 Å². The average molecular weight is 729 g/mol. The van der Waals surface area contributed by atoms with Gasteiger partial charge in [-0.25, -0.2) is 0 Å². The monoisotopic (exact) mass is 728 g/mol. The van der Waals surface area contributed by atoms with E-state index in [1.54, 1.807) is 0 Å². The largest absolute Gasteiger partial charge is 0.265 e. The molecular formula is C55H40N2. The number of rotatable bonds is 7. The minimum Gasteiger partial charge on any atom is -0.265 e. The molecule has 0 amide bonds. The van der Waals surface area contributed by atoms with Crippen LogP contribution in [-0.4, -0.2) is 9.97 Å². The molecule has 0 radical (unpaired) electrons. The molecule has 7 aromatic carbocycles. The van der Waals surface area contributed by atoms with Crippen molar-refractivity contribution in [3.63, 3.8) is 0 Å². The molecule has 2 heteroatoms. The Morgan fingerprint density at radius 1 is 0.263 bits per heavy atom. The van der Waals surface area contributed by atoms with Crippen LogP contribution in [0.3, 0.4) is 0 Å². The molecule has 9 aromatic rings. The van der Waals surface area contributed by atoms with E-state index in [9.17, 15) is 0 Å². The molecule has 2 nitrogen and oxygen atoms in total. The number of hydrogen-bond acceptors (Lipinski definition) is 2. The third kappa shape index (κ3) is 6.46. The van der Waals surface area contributed by atoms with Crippen LogP contribution in [0.4, 0.5) is 0 Å². The van der Waals surface area contributed by atoms with Crippen molar-refractivity contribution in [2.75, 3.05) is 0 Å². The first kappa shape index (κ1) is 34.3. The second-order valence-corrected chi connectivity index (χ2v) is 15.5. The highest BCUT2D eigenvalue weighted by Crippen LogP contribution is 2.50. The van der Waals surface area contributed by atoms with Gasteiger partial charge >= 0.3 is 0 Å². The van der Waals surface area contributed by atoms with Crippen LogP contribution in [0.1, 0.15) is 25.0 Å². The van der Waals surface area contributed by atoms with Crippen LogP contribution in [0.25, 0.3) is 89.0 Å². The second kappa shape index (κ2) is 14.2. The third-order valence-electron chi connectivity index (χ3n) is 11.7. The van der Waals surface area contributed by atoms with Gasteiger partial charge in [0.25, 0.3) is 0 Å². The van der Waals surface area contributed by atoms with Crippen molar-refractivity contribution in [2.24, 2.45) is 0 Å². The predicted molar refractivity (Wildman–Crippen MR) is 238 cm³/mol. The number of nitrogens with zero attached hydrogens (tertiary/aromatic N) is 2. The standard InChI is InChI=1S/C55H40N2/c1-55(2)53-18-4-3-17-51(53)52-20-19-47(36-54(52)55)50-34-48(45-15-7-13-43(31-45)41-11-5-9-39(29-41)37-21-25-56-26-22-37)33-49(35-50)46-16-8-14-44(32-46)42-12-6-10-40(30-42)38-23-27-57-28-24-38/h3-36H,1-2H3. The summed E-state index contributed by atoms with van der Waals surface area (Å²) in [6.45, 7) is 4.71. The minimum absolute atomic E-state index is 0.0827. The molecule has 0 bridgehead atoms. The van der Waals surface area contributed by atoms with Crippen molar-refractivity contribution in [1.82, 2.24) is 9.97 Å². The van der Waals surface area contributed by atoms with Gasteiger partial charge < -0.3 is 0 Å². The third-order valence-corrected chi connectivity index (χ3v) is 11.7. The lowest BCUT2D eigenvalue weighted by Gasteiger charge is -2.22. The molecule has 1 aliphatic carbocycles. The number of aromatic nitrogens is 2. The molecule has 0 spiro atoms. The van der Waals surface area contributed by atoms with Crippen molar-refractivity contribution in [3.8, 4) is 89.0 Å². The van der Waals surface area contributed by atoms with Gasteiger partial charge in [0.05, 0.1) is 0 Å². The molecule has 0 saturated heterocycles. The second-order valence-electron chi connectivity index (χ2n) is 15.5. The fourth-order valence-corrected chi connectivity index (χ4v) is 8.61. The van der Waals surface area contributed by atoms with E-state index in [4.69, 9.17) is 0 Å². The Balaban J connectivity index is 1.10. The Bertz CT molecular complexity index is 2780. The highest BCUT2D eigenvalue weighted by Gasteiger charge is 2.35. The summed E-state index contributed by atoms with van der Waals surface area (Å²) in [4.78, 5) is 8.44. The van der Waals surface area contributed by atoms with Crippen molar-refractivity contribution >= 4 is 0 Å². The highest BCUT2D eigenvalue weighted by molar-refractivity contribution is 5.88. The smallest absolute Gasteiger partial charge is 0.0273 e. The first-order chi connectivity index (χ1) is 28.0. The van der Waals surface area contributed by atoms with E-state index >= 15 is 0 Å². The molecule has 0 unspecified atom stereocenters. The lowest BCUT2D eigenvalue weighted by atomic mass is 9.81. The van der Waals surface area contributed by atoms with Crippen LogP contribution in [0, 0.1) is 0 Å². The SMILES string of the molecule is CC1(C)c2ccccc2-c2ccc(-c3cc(-c4cccc(-c5cccc(-c6ccncc6)c5)c4)cc(-c4cccc(-c5cccc(-c6ccncc6)c5)c4)c3)cc21. The van der Waals surface area contributed by atoms with Gasteiger partial charge in [-0.15, -0.1) is 0 Å². The van der Waals surface area contributed by atoms with Crippen LogP contribution < -0.4 is 0 Å². The lowest BCUT2D eigenvalue weighted by molar-refractivity contribution is 0.660. The van der Waals surface area contributed by atoms with E-state index in [2.05, 4.69) is 206 Å². The summed E-state index contributed by atoms with van der Waals surface area (Å²) in [6, 6.07) is 66.8. The summed E-state index contributed by atoms with van der Waals surface area (Å²) in [5.74, 6) is 0.